The zero-order chi connectivity index (χ0) is 21.0. The zero-order valence-electron chi connectivity index (χ0n) is 15.4. The van der Waals surface area contributed by atoms with Crippen molar-refractivity contribution in [2.45, 2.75) is 25.9 Å². The molecule has 0 atom stereocenters. The monoisotopic (exact) mass is 402 g/mol. The van der Waals surface area contributed by atoms with Crippen molar-refractivity contribution in [3.8, 4) is 11.1 Å². The van der Waals surface area contributed by atoms with Crippen LogP contribution in [0, 0.1) is 6.92 Å². The fourth-order valence-electron chi connectivity index (χ4n) is 2.71. The summed E-state index contributed by atoms with van der Waals surface area (Å²) in [6.07, 6.45) is -1.53. The number of nitrogens with one attached hydrogen (secondary N) is 1. The van der Waals surface area contributed by atoms with Gasteiger partial charge in [0.2, 0.25) is 5.95 Å². The zero-order valence-corrected chi connectivity index (χ0v) is 15.4. The smallest absolute Gasteiger partial charge is 0.433 e. The molecule has 0 fully saturated rings. The minimum atomic E-state index is -4.55. The van der Waals surface area contributed by atoms with Crippen LogP contribution in [-0.2, 0) is 17.4 Å². The Hall–Kier alpha value is -3.49. The number of carbonyl (C=O) groups is 1. The normalized spacial score (nSPS) is 11.3. The summed E-state index contributed by atoms with van der Waals surface area (Å²) in [5, 5.41) is 11.5. The van der Waals surface area contributed by atoms with Crippen LogP contribution in [0.25, 0.3) is 11.1 Å². The molecule has 0 aliphatic rings. The molecule has 6 nitrogen and oxygen atoms in total. The standard InChI is InChI=1S/C20H17F3N4O2/c1-12-8-14(13-2-3-15(25-11-13)4-5-18(28)29)10-16(9-12)26-19-24-7-6-17(27-19)20(21,22)23/h2-3,6-11H,4-5H2,1H3,(H,28,29)(H,24,26,27). The van der Waals surface area contributed by atoms with Gasteiger partial charge in [0.05, 0.1) is 6.42 Å². The highest BCUT2D eigenvalue weighted by Crippen LogP contribution is 2.29. The van der Waals surface area contributed by atoms with Crippen LogP contribution in [0.1, 0.15) is 23.4 Å². The van der Waals surface area contributed by atoms with Crippen molar-refractivity contribution in [2.75, 3.05) is 5.32 Å². The Balaban J connectivity index is 1.82. The molecule has 2 N–H and O–H groups in total. The van der Waals surface area contributed by atoms with E-state index in [9.17, 15) is 18.0 Å². The van der Waals surface area contributed by atoms with Crippen LogP contribution in [0.5, 0.6) is 0 Å². The summed E-state index contributed by atoms with van der Waals surface area (Å²) in [6, 6.07) is 9.82. The molecule has 3 rings (SSSR count). The number of aryl methyl sites for hydroxylation is 2. The van der Waals surface area contributed by atoms with Gasteiger partial charge in [-0.1, -0.05) is 12.1 Å². The molecule has 9 heteroatoms. The Bertz CT molecular complexity index is 1020. The van der Waals surface area contributed by atoms with Crippen molar-refractivity contribution in [3.63, 3.8) is 0 Å². The summed E-state index contributed by atoms with van der Waals surface area (Å²) < 4.78 is 38.5. The molecule has 2 heterocycles. The lowest BCUT2D eigenvalue weighted by Crippen LogP contribution is -2.10. The number of carboxylic acid groups (broad SMARTS) is 1. The van der Waals surface area contributed by atoms with E-state index in [4.69, 9.17) is 5.11 Å². The summed E-state index contributed by atoms with van der Waals surface area (Å²) in [7, 11) is 0. The highest BCUT2D eigenvalue weighted by Gasteiger charge is 2.32. The predicted octanol–water partition coefficient (Wildman–Crippen LogP) is 4.63. The van der Waals surface area contributed by atoms with Crippen molar-refractivity contribution >= 4 is 17.6 Å². The number of pyridine rings is 1. The molecule has 3 aromatic rings. The molecule has 0 amide bonds. The Morgan fingerprint density at radius 2 is 1.90 bits per heavy atom. The number of rotatable bonds is 6. The van der Waals surface area contributed by atoms with E-state index >= 15 is 0 Å². The van der Waals surface area contributed by atoms with Gasteiger partial charge in [-0.05, 0) is 42.3 Å². The minimum Gasteiger partial charge on any atom is -0.481 e. The van der Waals surface area contributed by atoms with Crippen molar-refractivity contribution in [2.24, 2.45) is 0 Å². The summed E-state index contributed by atoms with van der Waals surface area (Å²) in [5.41, 5.74) is 2.65. The predicted molar refractivity (Wildman–Crippen MR) is 101 cm³/mol. The number of alkyl halides is 3. The van der Waals surface area contributed by atoms with Crippen molar-refractivity contribution in [3.05, 3.63) is 65.7 Å². The minimum absolute atomic E-state index is 0.00183. The van der Waals surface area contributed by atoms with Gasteiger partial charge in [0.15, 0.2) is 0 Å². The van der Waals surface area contributed by atoms with Gasteiger partial charge in [0.25, 0.3) is 0 Å². The Morgan fingerprint density at radius 1 is 1.10 bits per heavy atom. The van der Waals surface area contributed by atoms with Gasteiger partial charge in [0, 0.05) is 35.8 Å². The molecule has 2 aromatic heterocycles. The maximum absolute atomic E-state index is 12.8. The van der Waals surface area contributed by atoms with E-state index in [1.54, 1.807) is 24.4 Å². The SMILES string of the molecule is Cc1cc(Nc2nccc(C(F)(F)F)n2)cc(-c2ccc(CCC(=O)O)nc2)c1. The molecule has 0 unspecified atom stereocenters. The van der Waals surface area contributed by atoms with Gasteiger partial charge >= 0.3 is 12.1 Å². The number of halogens is 3. The fourth-order valence-corrected chi connectivity index (χ4v) is 2.71. The number of aromatic nitrogens is 3. The Labute approximate surface area is 164 Å². The number of nitrogens with zero attached hydrogens (tertiary/aromatic N) is 3. The molecule has 29 heavy (non-hydrogen) atoms. The van der Waals surface area contributed by atoms with Gasteiger partial charge in [-0.3, -0.25) is 9.78 Å². The third kappa shape index (κ3) is 5.50. The van der Waals surface area contributed by atoms with Crippen LogP contribution in [0.3, 0.4) is 0 Å². The third-order valence-electron chi connectivity index (χ3n) is 4.03. The maximum Gasteiger partial charge on any atom is 0.433 e. The largest absolute Gasteiger partial charge is 0.481 e. The van der Waals surface area contributed by atoms with E-state index in [0.717, 1.165) is 29.0 Å². The molecular weight excluding hydrogens is 385 g/mol. The second-order valence-electron chi connectivity index (χ2n) is 6.41. The molecule has 0 saturated heterocycles. The molecule has 0 radical (unpaired) electrons. The number of hydrogen-bond acceptors (Lipinski definition) is 5. The van der Waals surface area contributed by atoms with Crippen LogP contribution in [0.4, 0.5) is 24.8 Å². The summed E-state index contributed by atoms with van der Waals surface area (Å²) in [4.78, 5) is 22.3. The van der Waals surface area contributed by atoms with E-state index in [0.29, 0.717) is 17.8 Å². The Kier molecular flexibility index (Phi) is 5.76. The molecular formula is C20H17F3N4O2. The number of aliphatic carboxylic acids is 1. The first-order valence-electron chi connectivity index (χ1n) is 8.67. The van der Waals surface area contributed by atoms with Gasteiger partial charge in [-0.2, -0.15) is 13.2 Å². The number of hydrogen-bond donors (Lipinski definition) is 2. The second kappa shape index (κ2) is 8.26. The molecule has 1 aromatic carbocycles. The molecule has 0 saturated carbocycles. The first-order valence-corrected chi connectivity index (χ1v) is 8.67. The van der Waals surface area contributed by atoms with Crippen molar-refractivity contribution in [1.29, 1.82) is 0 Å². The molecule has 0 aliphatic carbocycles. The van der Waals surface area contributed by atoms with Gasteiger partial charge in [-0.25, -0.2) is 9.97 Å². The number of anilines is 2. The summed E-state index contributed by atoms with van der Waals surface area (Å²) in [5.74, 6) is -1.04. The van der Waals surface area contributed by atoms with Crippen LogP contribution < -0.4 is 5.32 Å². The lowest BCUT2D eigenvalue weighted by atomic mass is 10.0. The maximum atomic E-state index is 12.8. The van der Waals surface area contributed by atoms with E-state index < -0.39 is 17.8 Å². The van der Waals surface area contributed by atoms with Gasteiger partial charge < -0.3 is 10.4 Å². The molecule has 150 valence electrons. The Morgan fingerprint density at radius 3 is 2.55 bits per heavy atom. The lowest BCUT2D eigenvalue weighted by Gasteiger charge is -2.11. The van der Waals surface area contributed by atoms with E-state index in [1.165, 1.54) is 0 Å². The van der Waals surface area contributed by atoms with Gasteiger partial charge in [0.1, 0.15) is 5.69 Å². The topological polar surface area (TPSA) is 88.0 Å². The highest BCUT2D eigenvalue weighted by atomic mass is 19.4. The first-order chi connectivity index (χ1) is 13.7. The average Bonchev–Trinajstić information content (AvgIpc) is 2.66. The lowest BCUT2D eigenvalue weighted by molar-refractivity contribution is -0.141. The first kappa shape index (κ1) is 20.2. The van der Waals surface area contributed by atoms with E-state index in [2.05, 4.69) is 20.3 Å². The van der Waals surface area contributed by atoms with Crippen LogP contribution >= 0.6 is 0 Å². The van der Waals surface area contributed by atoms with E-state index in [-0.39, 0.29) is 12.4 Å². The van der Waals surface area contributed by atoms with Crippen LogP contribution in [0.15, 0.2) is 48.8 Å². The highest BCUT2D eigenvalue weighted by molar-refractivity contribution is 5.70. The van der Waals surface area contributed by atoms with Gasteiger partial charge in [-0.15, -0.1) is 0 Å². The molecule has 0 bridgehead atoms. The third-order valence-corrected chi connectivity index (χ3v) is 4.03. The van der Waals surface area contributed by atoms with Crippen LogP contribution in [0.2, 0.25) is 0 Å². The second-order valence-corrected chi connectivity index (χ2v) is 6.41. The fraction of sp³-hybridized carbons (Fsp3) is 0.200. The quantitative estimate of drug-likeness (QED) is 0.625. The average molecular weight is 402 g/mol. The van der Waals surface area contributed by atoms with Crippen molar-refractivity contribution in [1.82, 2.24) is 15.0 Å². The van der Waals surface area contributed by atoms with E-state index in [1.807, 2.05) is 19.1 Å². The summed E-state index contributed by atoms with van der Waals surface area (Å²) in [6.45, 7) is 1.86. The molecule has 0 aliphatic heterocycles. The van der Waals surface area contributed by atoms with Crippen molar-refractivity contribution < 1.29 is 23.1 Å². The summed E-state index contributed by atoms with van der Waals surface area (Å²) >= 11 is 0. The number of benzene rings is 1. The number of carboxylic acids is 1. The molecule has 0 spiro atoms. The van der Waals surface area contributed by atoms with Crippen LogP contribution in [-0.4, -0.2) is 26.0 Å².